The average Bonchev–Trinajstić information content (AvgIpc) is 2.62. The largest absolute Gasteiger partial charge is 0.748 e. The molecule has 1 atom stereocenters. The van der Waals surface area contributed by atoms with Crippen molar-refractivity contribution < 1.29 is 18.0 Å². The van der Waals surface area contributed by atoms with Crippen molar-refractivity contribution in [2.24, 2.45) is 0 Å². The van der Waals surface area contributed by atoms with Crippen LogP contribution in [0.3, 0.4) is 0 Å². The van der Waals surface area contributed by atoms with E-state index in [0.29, 0.717) is 17.9 Å². The first-order valence-corrected chi connectivity index (χ1v) is 10.0. The molecule has 0 radical (unpaired) electrons. The van der Waals surface area contributed by atoms with Gasteiger partial charge >= 0.3 is 0 Å². The number of benzene rings is 1. The van der Waals surface area contributed by atoms with Crippen LogP contribution in [-0.2, 0) is 16.5 Å². The van der Waals surface area contributed by atoms with Crippen LogP contribution >= 0.6 is 0 Å². The molecule has 3 rings (SSSR count). The lowest BCUT2D eigenvalue weighted by molar-refractivity contribution is -0.381. The van der Waals surface area contributed by atoms with Crippen LogP contribution < -0.4 is 10.3 Å². The highest BCUT2D eigenvalue weighted by molar-refractivity contribution is 7.84. The van der Waals surface area contributed by atoms with Gasteiger partial charge in [0.25, 0.3) is 0 Å². The second kappa shape index (κ2) is 9.13. The minimum atomic E-state index is -3.92. The first-order chi connectivity index (χ1) is 12.4. The number of fused-ring (bicyclic) bond motifs is 1. The molecule has 1 heterocycles. The number of rotatable bonds is 3. The van der Waals surface area contributed by atoms with E-state index in [-0.39, 0.29) is 0 Å². The maximum absolute atomic E-state index is 9.33. The Morgan fingerprint density at radius 3 is 2.65 bits per heavy atom. The van der Waals surface area contributed by atoms with Gasteiger partial charge in [0.05, 0.1) is 16.2 Å². The van der Waals surface area contributed by atoms with Gasteiger partial charge in [-0.05, 0) is 36.5 Å². The summed E-state index contributed by atoms with van der Waals surface area (Å²) in [4.78, 5) is 3.10. The van der Waals surface area contributed by atoms with Crippen LogP contribution in [0.5, 0.6) is 0 Å². The Kier molecular flexibility index (Phi) is 6.89. The number of allylic oxidation sites excluding steroid dienone is 1. The van der Waals surface area contributed by atoms with Crippen molar-refractivity contribution in [1.29, 1.82) is 5.26 Å². The maximum atomic E-state index is 9.33. The third-order valence-corrected chi connectivity index (χ3v) is 3.92. The van der Waals surface area contributed by atoms with E-state index >= 15 is 0 Å². The van der Waals surface area contributed by atoms with Gasteiger partial charge in [-0.15, -0.1) is 0 Å². The van der Waals surface area contributed by atoms with Gasteiger partial charge in [0, 0.05) is 24.6 Å². The maximum Gasteiger partial charge on any atom is 0.222 e. The first-order valence-electron chi connectivity index (χ1n) is 8.20. The van der Waals surface area contributed by atoms with Crippen LogP contribution in [0.1, 0.15) is 35.7 Å². The van der Waals surface area contributed by atoms with E-state index in [4.69, 9.17) is 13.0 Å². The molecule has 1 aliphatic carbocycles. The molecule has 0 aliphatic heterocycles. The lowest BCUT2D eigenvalue weighted by Crippen LogP contribution is -2.21. The molecule has 2 N–H and O–H groups in total. The minimum absolute atomic E-state index is 0.294. The zero-order chi connectivity index (χ0) is 19.0. The van der Waals surface area contributed by atoms with Crippen LogP contribution in [0.25, 0.3) is 5.57 Å². The molecule has 136 valence electrons. The monoisotopic (exact) mass is 371 g/mol. The molecular formula is C19H21N3O3S. The normalized spacial score (nSPS) is 16.5. The van der Waals surface area contributed by atoms with E-state index in [0.717, 1.165) is 18.5 Å². The molecule has 7 heteroatoms. The molecular weight excluding hydrogens is 350 g/mol. The van der Waals surface area contributed by atoms with Gasteiger partial charge in [-0.3, -0.25) is 0 Å². The Morgan fingerprint density at radius 1 is 1.31 bits per heavy atom. The third-order valence-electron chi connectivity index (χ3n) is 3.92. The average molecular weight is 371 g/mol. The van der Waals surface area contributed by atoms with Crippen molar-refractivity contribution in [2.45, 2.75) is 25.3 Å². The van der Waals surface area contributed by atoms with Gasteiger partial charge in [-0.2, -0.15) is 5.26 Å². The van der Waals surface area contributed by atoms with Gasteiger partial charge < -0.3 is 9.87 Å². The quantitative estimate of drug-likeness (QED) is 0.657. The van der Waals surface area contributed by atoms with E-state index < -0.39 is 10.1 Å². The Bertz CT molecular complexity index is 895. The lowest BCUT2D eigenvalue weighted by Gasteiger charge is -2.25. The third kappa shape index (κ3) is 6.31. The van der Waals surface area contributed by atoms with Crippen molar-refractivity contribution in [1.82, 2.24) is 5.32 Å². The molecule has 26 heavy (non-hydrogen) atoms. The molecule has 0 unspecified atom stereocenters. The minimum Gasteiger partial charge on any atom is -0.748 e. The fourth-order valence-corrected chi connectivity index (χ4v) is 2.84. The van der Waals surface area contributed by atoms with Crippen molar-refractivity contribution in [3.63, 3.8) is 0 Å². The van der Waals surface area contributed by atoms with E-state index in [1.165, 1.54) is 17.5 Å². The molecule has 1 aromatic heterocycles. The van der Waals surface area contributed by atoms with Gasteiger partial charge in [0.1, 0.15) is 11.6 Å². The fraction of sp³-hybridized carbons (Fsp3) is 0.263. The summed E-state index contributed by atoms with van der Waals surface area (Å²) >= 11 is 0. The van der Waals surface area contributed by atoms with Gasteiger partial charge in [-0.1, -0.05) is 24.3 Å². The molecule has 2 aromatic rings. The van der Waals surface area contributed by atoms with Crippen LogP contribution in [-0.4, -0.2) is 19.2 Å². The second-order valence-electron chi connectivity index (χ2n) is 5.96. The Labute approximate surface area is 154 Å². The topological polar surface area (TPSA) is 107 Å². The molecule has 1 aliphatic rings. The smallest absolute Gasteiger partial charge is 0.222 e. The summed E-state index contributed by atoms with van der Waals surface area (Å²) in [6.45, 7) is 0. The SMILES string of the molecule is CS(=O)(=O)[O-].N#C/C(=C\N[C@H]1CCCc2ccccc21)c1cccc[nH+]1. The fourth-order valence-electron chi connectivity index (χ4n) is 2.84. The van der Waals surface area contributed by atoms with Crippen molar-refractivity contribution in [3.05, 3.63) is 71.7 Å². The van der Waals surface area contributed by atoms with Gasteiger partial charge in [0.2, 0.25) is 5.69 Å². The number of hydrogen-bond donors (Lipinski definition) is 1. The zero-order valence-electron chi connectivity index (χ0n) is 14.5. The second-order valence-corrected chi connectivity index (χ2v) is 7.37. The Balaban J connectivity index is 0.000000431. The highest BCUT2D eigenvalue weighted by atomic mass is 32.2. The molecule has 0 spiro atoms. The summed E-state index contributed by atoms with van der Waals surface area (Å²) in [7, 11) is -3.92. The van der Waals surface area contributed by atoms with Crippen LogP contribution in [0, 0.1) is 11.3 Å². The van der Waals surface area contributed by atoms with Crippen molar-refractivity contribution in [2.75, 3.05) is 6.26 Å². The molecule has 6 nitrogen and oxygen atoms in total. The number of nitriles is 1. The number of aryl methyl sites for hydroxylation is 1. The predicted molar refractivity (Wildman–Crippen MR) is 97.5 cm³/mol. The number of aromatic amines is 1. The van der Waals surface area contributed by atoms with Gasteiger partial charge in [0.15, 0.2) is 6.20 Å². The summed E-state index contributed by atoms with van der Waals surface area (Å²) in [5, 5.41) is 12.7. The number of nitrogens with zero attached hydrogens (tertiary/aromatic N) is 1. The van der Waals surface area contributed by atoms with Crippen molar-refractivity contribution in [3.8, 4) is 6.07 Å². The molecule has 0 saturated carbocycles. The van der Waals surface area contributed by atoms with E-state index in [9.17, 15) is 5.26 Å². The molecule has 1 aromatic carbocycles. The first kappa shape index (κ1) is 19.6. The highest BCUT2D eigenvalue weighted by Gasteiger charge is 2.19. The number of aromatic nitrogens is 1. The summed E-state index contributed by atoms with van der Waals surface area (Å²) in [6, 6.07) is 16.8. The standard InChI is InChI=1S/C18H17N3.CH4O3S/c19-12-15(17-9-3-4-11-20-17)13-21-18-10-5-7-14-6-1-2-8-16(14)18;1-5(2,3)4/h1-4,6,8-9,11,13,18,21H,5,7,10H2;1H3,(H,2,3,4)/b15-13+;/t18-;/m0./s1. The molecule has 0 fully saturated rings. The van der Waals surface area contributed by atoms with Crippen LogP contribution in [0.4, 0.5) is 0 Å². The summed E-state index contributed by atoms with van der Waals surface area (Å²) < 4.78 is 27.2. The summed E-state index contributed by atoms with van der Waals surface area (Å²) in [5.74, 6) is 0. The summed E-state index contributed by atoms with van der Waals surface area (Å²) in [5.41, 5.74) is 4.23. The van der Waals surface area contributed by atoms with Crippen LogP contribution in [0.15, 0.2) is 54.9 Å². The zero-order valence-corrected chi connectivity index (χ0v) is 15.3. The Hall–Kier alpha value is -2.69. The number of hydrogen-bond acceptors (Lipinski definition) is 5. The summed E-state index contributed by atoms with van der Waals surface area (Å²) in [6.07, 6.45) is 7.70. The predicted octanol–water partition coefficient (Wildman–Crippen LogP) is 2.19. The number of H-pyrrole nitrogens is 1. The van der Waals surface area contributed by atoms with Gasteiger partial charge in [-0.25, -0.2) is 13.4 Å². The Morgan fingerprint density at radius 2 is 2.00 bits per heavy atom. The molecule has 0 amide bonds. The number of pyridine rings is 1. The van der Waals surface area contributed by atoms with E-state index in [1.54, 1.807) is 0 Å². The van der Waals surface area contributed by atoms with E-state index in [2.05, 4.69) is 40.6 Å². The van der Waals surface area contributed by atoms with Crippen molar-refractivity contribution >= 4 is 15.7 Å². The lowest BCUT2D eigenvalue weighted by atomic mass is 9.88. The highest BCUT2D eigenvalue weighted by Crippen LogP contribution is 2.29. The van der Waals surface area contributed by atoms with E-state index in [1.807, 2.05) is 30.6 Å². The molecule has 0 saturated heterocycles. The number of nitrogens with one attached hydrogen (secondary N) is 2. The molecule has 0 bridgehead atoms. The van der Waals surface area contributed by atoms with Crippen LogP contribution in [0.2, 0.25) is 0 Å².